The minimum Gasteiger partial charge on any atom is -0.382 e. The molecule has 4 heterocycles. The maximum Gasteiger partial charge on any atom is 0.330 e. The third-order valence-corrected chi connectivity index (χ3v) is 15.7. The largest absolute Gasteiger partial charge is 0.382 e. The van der Waals surface area contributed by atoms with Crippen LogP contribution in [0.1, 0.15) is 38.0 Å². The molecule has 0 aliphatic carbocycles. The van der Waals surface area contributed by atoms with Crippen molar-refractivity contribution in [3.8, 4) is 0 Å². The lowest BCUT2D eigenvalue weighted by atomic mass is 10.1. The van der Waals surface area contributed by atoms with E-state index < -0.39 is 46.3 Å². The molecule has 2 aromatic carbocycles. The SMILES string of the molecule is CC[C@H]1O[C@@H](n2cc(C)c(=O)[nH]c2=O)[C@@H](OCCOC)C1O[P@@]1O[C@H](C[Si](C)(c2ccccc2)c2ccccc2)[C@@H]2CCCN21. The number of H-pyrrole nitrogens is 1. The Kier molecular flexibility index (Phi) is 10.2. The molecule has 3 saturated heterocycles. The van der Waals surface area contributed by atoms with E-state index in [4.69, 9.17) is 23.3 Å². The zero-order valence-corrected chi connectivity index (χ0v) is 28.4. The average Bonchev–Trinajstić information content (AvgIpc) is 3.76. The van der Waals surface area contributed by atoms with Crippen molar-refractivity contribution in [2.24, 2.45) is 0 Å². The Bertz CT molecular complexity index is 1500. The molecular formula is C33H44N3O7PSi. The van der Waals surface area contributed by atoms with Gasteiger partial charge in [-0.1, -0.05) is 84.5 Å². The van der Waals surface area contributed by atoms with Gasteiger partial charge in [-0.3, -0.25) is 14.3 Å². The second kappa shape index (κ2) is 14.1. The van der Waals surface area contributed by atoms with Crippen LogP contribution in [0.3, 0.4) is 0 Å². The number of methoxy groups -OCH3 is 1. The van der Waals surface area contributed by atoms with Gasteiger partial charge in [-0.15, -0.1) is 0 Å². The number of aromatic amines is 1. The van der Waals surface area contributed by atoms with Gasteiger partial charge >= 0.3 is 5.69 Å². The summed E-state index contributed by atoms with van der Waals surface area (Å²) in [4.78, 5) is 27.5. The normalized spacial score (nSPS) is 28.5. The number of nitrogens with zero attached hydrogens (tertiary/aromatic N) is 2. The molecular weight excluding hydrogens is 609 g/mol. The predicted octanol–water partition coefficient (Wildman–Crippen LogP) is 3.55. The highest BCUT2D eigenvalue weighted by Gasteiger charge is 2.54. The first-order valence-corrected chi connectivity index (χ1v) is 19.8. The summed E-state index contributed by atoms with van der Waals surface area (Å²) in [5.41, 5.74) is -0.539. The Morgan fingerprint density at radius 2 is 1.69 bits per heavy atom. The van der Waals surface area contributed by atoms with Crippen molar-refractivity contribution in [3.63, 3.8) is 0 Å². The number of ether oxygens (including phenoxy) is 3. The molecule has 1 unspecified atom stereocenters. The molecule has 0 amide bonds. The Morgan fingerprint density at radius 1 is 1.00 bits per heavy atom. The molecule has 0 saturated carbocycles. The summed E-state index contributed by atoms with van der Waals surface area (Å²) in [7, 11) is -1.93. The summed E-state index contributed by atoms with van der Waals surface area (Å²) >= 11 is 0. The van der Waals surface area contributed by atoms with Crippen molar-refractivity contribution in [2.75, 3.05) is 26.9 Å². The molecule has 3 aliphatic heterocycles. The van der Waals surface area contributed by atoms with Gasteiger partial charge in [0.2, 0.25) is 0 Å². The number of rotatable bonds is 12. The minimum atomic E-state index is -2.15. The molecule has 3 aromatic rings. The molecule has 0 bridgehead atoms. The topological polar surface area (TPSA) is 104 Å². The van der Waals surface area contributed by atoms with Crippen molar-refractivity contribution < 1.29 is 23.3 Å². The van der Waals surface area contributed by atoms with Gasteiger partial charge in [-0.2, -0.15) is 0 Å². The molecule has 6 rings (SSSR count). The Hall–Kier alpha value is -2.47. The number of hydrogen-bond acceptors (Lipinski definition) is 8. The van der Waals surface area contributed by atoms with Gasteiger partial charge in [0.1, 0.15) is 20.3 Å². The Labute approximate surface area is 266 Å². The average molecular weight is 654 g/mol. The summed E-state index contributed by atoms with van der Waals surface area (Å²) in [5, 5.41) is 2.79. The van der Waals surface area contributed by atoms with E-state index >= 15 is 0 Å². The van der Waals surface area contributed by atoms with Crippen molar-refractivity contribution >= 4 is 27.0 Å². The second-order valence-electron chi connectivity index (χ2n) is 12.4. The highest BCUT2D eigenvalue weighted by molar-refractivity contribution is 7.45. The van der Waals surface area contributed by atoms with Gasteiger partial charge in [0.25, 0.3) is 14.1 Å². The zero-order valence-electron chi connectivity index (χ0n) is 26.5. The summed E-state index contributed by atoms with van der Waals surface area (Å²) in [6.07, 6.45) is 2.22. The van der Waals surface area contributed by atoms with Crippen LogP contribution in [0, 0.1) is 6.92 Å². The van der Waals surface area contributed by atoms with Gasteiger partial charge in [0, 0.05) is 31.5 Å². The van der Waals surface area contributed by atoms with Crippen LogP contribution in [0.25, 0.3) is 0 Å². The lowest BCUT2D eigenvalue weighted by Crippen LogP contribution is -2.58. The van der Waals surface area contributed by atoms with Crippen LogP contribution in [-0.2, 0) is 23.3 Å². The molecule has 45 heavy (non-hydrogen) atoms. The molecule has 0 spiro atoms. The highest BCUT2D eigenvalue weighted by Crippen LogP contribution is 2.59. The standard InChI is InChI=1S/C33H44N3O7PSi/c1-5-27-29(30(40-20-19-39-3)32(41-27)35-21-23(2)31(37)34-33(35)38)43-44-36-18-12-17-26(36)28(42-44)22-45(4,24-13-8-6-9-14-24)25-15-10-7-11-16-25/h6-11,13-16,21,26-30,32H,5,12,17-20,22H2,1-4H3,(H,34,37,38)/t26-,27+,28+,29?,30-,32+,44+/m0/s1. The Morgan fingerprint density at radius 3 is 2.33 bits per heavy atom. The van der Waals surface area contributed by atoms with Crippen molar-refractivity contribution in [2.45, 2.75) is 82.4 Å². The smallest absolute Gasteiger partial charge is 0.330 e. The number of fused-ring (bicyclic) bond motifs is 1. The first-order valence-electron chi connectivity index (χ1n) is 15.9. The summed E-state index contributed by atoms with van der Waals surface area (Å²) in [5.74, 6) is 0. The van der Waals surface area contributed by atoms with Gasteiger partial charge in [0.05, 0.1) is 25.4 Å². The first kappa shape index (κ1) is 32.5. The minimum absolute atomic E-state index is 0.0335. The third kappa shape index (κ3) is 6.55. The molecule has 1 N–H and O–H groups in total. The molecule has 10 nitrogen and oxygen atoms in total. The van der Waals surface area contributed by atoms with Crippen molar-refractivity contribution in [3.05, 3.63) is 93.3 Å². The van der Waals surface area contributed by atoms with Crippen LogP contribution in [0.2, 0.25) is 12.6 Å². The Balaban J connectivity index is 1.28. The van der Waals surface area contributed by atoms with Crippen LogP contribution >= 0.6 is 8.53 Å². The van der Waals surface area contributed by atoms with Gasteiger partial charge < -0.3 is 23.3 Å². The van der Waals surface area contributed by atoms with E-state index in [0.717, 1.165) is 25.4 Å². The lowest BCUT2D eigenvalue weighted by Gasteiger charge is -2.32. The predicted molar refractivity (Wildman–Crippen MR) is 177 cm³/mol. The molecule has 3 aliphatic rings. The summed E-state index contributed by atoms with van der Waals surface area (Å²) in [6, 6.07) is 23.0. The second-order valence-corrected chi connectivity index (χ2v) is 18.0. The van der Waals surface area contributed by atoms with E-state index in [1.54, 1.807) is 14.0 Å². The van der Waals surface area contributed by atoms with Crippen LogP contribution in [-0.4, -0.2) is 79.6 Å². The maximum atomic E-state index is 12.9. The molecule has 12 heteroatoms. The molecule has 0 radical (unpaired) electrons. The van der Waals surface area contributed by atoms with E-state index in [-0.39, 0.29) is 18.2 Å². The van der Waals surface area contributed by atoms with Crippen LogP contribution in [0.5, 0.6) is 0 Å². The number of aromatic nitrogens is 2. The van der Waals surface area contributed by atoms with Crippen molar-refractivity contribution in [1.82, 2.24) is 14.2 Å². The lowest BCUT2D eigenvalue weighted by molar-refractivity contribution is -0.0782. The summed E-state index contributed by atoms with van der Waals surface area (Å²) < 4.78 is 35.8. The molecule has 3 fully saturated rings. The fourth-order valence-corrected chi connectivity index (χ4v) is 13.0. The van der Waals surface area contributed by atoms with Crippen LogP contribution < -0.4 is 21.6 Å². The van der Waals surface area contributed by atoms with Crippen LogP contribution in [0.15, 0.2) is 76.4 Å². The number of aryl methyl sites for hydroxylation is 1. The van der Waals surface area contributed by atoms with Crippen molar-refractivity contribution in [1.29, 1.82) is 0 Å². The fraction of sp³-hybridized carbons (Fsp3) is 0.515. The monoisotopic (exact) mass is 653 g/mol. The quantitative estimate of drug-likeness (QED) is 0.180. The van der Waals surface area contributed by atoms with Crippen LogP contribution in [0.4, 0.5) is 0 Å². The van der Waals surface area contributed by atoms with E-state index in [2.05, 4.69) is 76.9 Å². The van der Waals surface area contributed by atoms with E-state index in [0.29, 0.717) is 25.2 Å². The van der Waals surface area contributed by atoms with Gasteiger partial charge in [-0.05, 0) is 32.2 Å². The number of hydrogen-bond donors (Lipinski definition) is 1. The molecule has 7 atom stereocenters. The zero-order chi connectivity index (χ0) is 31.6. The molecule has 242 valence electrons. The van der Waals surface area contributed by atoms with Gasteiger partial charge in [-0.25, -0.2) is 9.46 Å². The first-order chi connectivity index (χ1) is 21.8. The van der Waals surface area contributed by atoms with Gasteiger partial charge in [0.15, 0.2) is 6.23 Å². The number of nitrogens with one attached hydrogen (secondary N) is 1. The van der Waals surface area contributed by atoms with E-state index in [1.807, 2.05) is 6.92 Å². The highest BCUT2D eigenvalue weighted by atomic mass is 31.2. The fourth-order valence-electron chi connectivity index (χ4n) is 6.99. The van der Waals surface area contributed by atoms with E-state index in [9.17, 15) is 9.59 Å². The number of benzene rings is 2. The summed E-state index contributed by atoms with van der Waals surface area (Å²) in [6.45, 7) is 7.77. The third-order valence-electron chi connectivity index (χ3n) is 9.48. The molecule has 1 aromatic heterocycles. The maximum absolute atomic E-state index is 12.9. The van der Waals surface area contributed by atoms with E-state index in [1.165, 1.54) is 21.1 Å².